The second kappa shape index (κ2) is 4.93. The van der Waals surface area contributed by atoms with Crippen molar-refractivity contribution in [1.82, 2.24) is 5.43 Å². The fourth-order valence-electron chi connectivity index (χ4n) is 2.25. The number of hydrogen-bond acceptors (Lipinski definition) is 2. The van der Waals surface area contributed by atoms with Crippen LogP contribution in [-0.4, -0.2) is 11.8 Å². The van der Waals surface area contributed by atoms with E-state index in [1.165, 1.54) is 11.1 Å². The van der Waals surface area contributed by atoms with Gasteiger partial charge in [-0.3, -0.25) is 0 Å². The Kier molecular flexibility index (Phi) is 3.67. The van der Waals surface area contributed by atoms with Crippen LogP contribution in [0.2, 0.25) is 5.02 Å². The minimum atomic E-state index is 0.0752. The second-order valence-corrected chi connectivity index (χ2v) is 6.50. The lowest BCUT2D eigenvalue weighted by Gasteiger charge is -2.26. The summed E-state index contributed by atoms with van der Waals surface area (Å²) >= 11 is 6.13. The highest BCUT2D eigenvalue weighted by atomic mass is 35.5. The van der Waals surface area contributed by atoms with Gasteiger partial charge in [0.15, 0.2) is 0 Å². The molecule has 0 spiro atoms. The minimum Gasteiger partial charge on any atom is -0.307 e. The van der Waals surface area contributed by atoms with Gasteiger partial charge in [-0.1, -0.05) is 38.4 Å². The average Bonchev–Trinajstić information content (AvgIpc) is 2.29. The van der Waals surface area contributed by atoms with Crippen LogP contribution < -0.4 is 5.43 Å². The zero-order chi connectivity index (χ0) is 13.3. The monoisotopic (exact) mass is 264 g/mol. The van der Waals surface area contributed by atoms with Crippen molar-refractivity contribution in [1.29, 1.82) is 0 Å². The number of hydrogen-bond donors (Lipinski definition) is 1. The number of rotatable bonds is 1. The van der Waals surface area contributed by atoms with Gasteiger partial charge in [0.2, 0.25) is 0 Å². The summed E-state index contributed by atoms with van der Waals surface area (Å²) in [6, 6.07) is 6.59. The Bertz CT molecular complexity index is 472. The van der Waals surface area contributed by atoms with E-state index >= 15 is 0 Å². The molecule has 0 amide bonds. The highest BCUT2D eigenvalue weighted by Gasteiger charge is 2.22. The van der Waals surface area contributed by atoms with Crippen LogP contribution >= 0.6 is 11.6 Å². The molecule has 1 unspecified atom stereocenters. The zero-order valence-corrected chi connectivity index (χ0v) is 12.3. The van der Waals surface area contributed by atoms with Crippen LogP contribution in [0.5, 0.6) is 0 Å². The lowest BCUT2D eigenvalue weighted by atomic mass is 9.81. The summed E-state index contributed by atoms with van der Waals surface area (Å²) in [6.07, 6.45) is 2.16. The van der Waals surface area contributed by atoms with Crippen LogP contribution in [0.1, 0.15) is 51.7 Å². The third kappa shape index (κ3) is 2.86. The van der Waals surface area contributed by atoms with Gasteiger partial charge < -0.3 is 5.43 Å². The molecule has 2 nitrogen and oxygen atoms in total. The summed E-state index contributed by atoms with van der Waals surface area (Å²) < 4.78 is 0. The molecule has 0 aromatic heterocycles. The molecule has 0 bridgehead atoms. The van der Waals surface area contributed by atoms with E-state index in [0.29, 0.717) is 6.04 Å². The van der Waals surface area contributed by atoms with Gasteiger partial charge in [-0.25, -0.2) is 0 Å². The van der Waals surface area contributed by atoms with Gasteiger partial charge in [0.1, 0.15) is 0 Å². The van der Waals surface area contributed by atoms with E-state index in [4.69, 9.17) is 11.6 Å². The fourth-order valence-corrected chi connectivity index (χ4v) is 2.42. The summed E-state index contributed by atoms with van der Waals surface area (Å²) in [5.74, 6) is 0. The van der Waals surface area contributed by atoms with Crippen LogP contribution in [0.4, 0.5) is 0 Å². The normalized spacial score (nSPS) is 20.3. The van der Waals surface area contributed by atoms with E-state index < -0.39 is 0 Å². The molecule has 0 aliphatic carbocycles. The predicted molar refractivity (Wildman–Crippen MR) is 78.5 cm³/mol. The quantitative estimate of drug-likeness (QED) is 0.811. The molecule has 1 N–H and O–H groups in total. The van der Waals surface area contributed by atoms with Gasteiger partial charge in [0, 0.05) is 16.6 Å². The van der Waals surface area contributed by atoms with Crippen molar-refractivity contribution < 1.29 is 0 Å². The van der Waals surface area contributed by atoms with E-state index in [9.17, 15) is 0 Å². The van der Waals surface area contributed by atoms with E-state index in [2.05, 4.69) is 50.4 Å². The third-order valence-corrected chi connectivity index (χ3v) is 3.57. The number of nitrogens with zero attached hydrogens (tertiary/aromatic N) is 1. The Morgan fingerprint density at radius 3 is 2.61 bits per heavy atom. The van der Waals surface area contributed by atoms with Crippen LogP contribution in [-0.2, 0) is 5.41 Å². The minimum absolute atomic E-state index is 0.0752. The summed E-state index contributed by atoms with van der Waals surface area (Å²) in [4.78, 5) is 0. The Morgan fingerprint density at radius 2 is 2.06 bits per heavy atom. The smallest absolute Gasteiger partial charge is 0.0679 e. The van der Waals surface area contributed by atoms with Crippen molar-refractivity contribution in [2.24, 2.45) is 5.10 Å². The molecule has 0 radical (unpaired) electrons. The maximum atomic E-state index is 6.13. The van der Waals surface area contributed by atoms with Crippen LogP contribution in [0.25, 0.3) is 0 Å². The average molecular weight is 265 g/mol. The molecule has 1 aromatic carbocycles. The van der Waals surface area contributed by atoms with Gasteiger partial charge >= 0.3 is 0 Å². The van der Waals surface area contributed by atoms with Crippen molar-refractivity contribution in [2.75, 3.05) is 0 Å². The third-order valence-electron chi connectivity index (χ3n) is 3.33. The predicted octanol–water partition coefficient (Wildman–Crippen LogP) is 4.11. The highest BCUT2D eigenvalue weighted by Crippen LogP contribution is 2.30. The van der Waals surface area contributed by atoms with E-state index in [0.717, 1.165) is 23.6 Å². The van der Waals surface area contributed by atoms with Crippen LogP contribution in [0.15, 0.2) is 23.3 Å². The first-order valence-electron chi connectivity index (χ1n) is 6.50. The zero-order valence-electron chi connectivity index (χ0n) is 11.5. The molecule has 1 aliphatic rings. The summed E-state index contributed by atoms with van der Waals surface area (Å²) in [5, 5.41) is 5.30. The van der Waals surface area contributed by atoms with Gasteiger partial charge in [-0.15, -0.1) is 0 Å². The van der Waals surface area contributed by atoms with Crippen molar-refractivity contribution in [3.63, 3.8) is 0 Å². The molecule has 3 heteroatoms. The largest absolute Gasteiger partial charge is 0.307 e. The van der Waals surface area contributed by atoms with Crippen LogP contribution in [0, 0.1) is 0 Å². The number of hydrazone groups is 1. The molecule has 2 rings (SSSR count). The first-order chi connectivity index (χ1) is 8.38. The molecule has 1 aromatic rings. The number of benzene rings is 1. The molecule has 1 aliphatic heterocycles. The standard InChI is InChI=1S/C15H21ClN2/c1-10-5-8-14(18-17-10)12-7-6-11(16)9-13(12)15(2,3)4/h6-7,9-10,17H,5,8H2,1-4H3. The Labute approximate surface area is 114 Å². The molecule has 0 fully saturated rings. The number of nitrogens with one attached hydrogen (secondary N) is 1. The Hall–Kier alpha value is -1.02. The SMILES string of the molecule is CC1CCC(c2ccc(Cl)cc2C(C)(C)C)=NN1. The topological polar surface area (TPSA) is 24.4 Å². The second-order valence-electron chi connectivity index (χ2n) is 6.07. The number of halogens is 1. The molecular formula is C15H21ClN2. The van der Waals surface area contributed by atoms with Crippen molar-refractivity contribution in [3.05, 3.63) is 34.3 Å². The molecule has 1 atom stereocenters. The lowest BCUT2D eigenvalue weighted by molar-refractivity contribution is 0.519. The first kappa shape index (κ1) is 13.4. The van der Waals surface area contributed by atoms with Gasteiger partial charge in [0.05, 0.1) is 5.71 Å². The van der Waals surface area contributed by atoms with Gasteiger partial charge in [-0.2, -0.15) is 5.10 Å². The van der Waals surface area contributed by atoms with Crippen molar-refractivity contribution >= 4 is 17.3 Å². The Morgan fingerprint density at radius 1 is 1.33 bits per heavy atom. The van der Waals surface area contributed by atoms with Crippen molar-refractivity contribution in [3.8, 4) is 0 Å². The first-order valence-corrected chi connectivity index (χ1v) is 6.88. The molecule has 0 saturated heterocycles. The Balaban J connectivity index is 2.45. The van der Waals surface area contributed by atoms with E-state index in [1.54, 1.807) is 0 Å². The molecular weight excluding hydrogens is 244 g/mol. The molecule has 1 heterocycles. The van der Waals surface area contributed by atoms with E-state index in [1.807, 2.05) is 6.07 Å². The maximum Gasteiger partial charge on any atom is 0.0679 e. The maximum absolute atomic E-state index is 6.13. The summed E-state index contributed by atoms with van der Waals surface area (Å²) in [7, 11) is 0. The molecule has 18 heavy (non-hydrogen) atoms. The molecule has 0 saturated carbocycles. The summed E-state index contributed by atoms with van der Waals surface area (Å²) in [6.45, 7) is 8.79. The lowest BCUT2D eigenvalue weighted by Crippen LogP contribution is -2.29. The molecule has 98 valence electrons. The highest BCUT2D eigenvalue weighted by molar-refractivity contribution is 6.30. The van der Waals surface area contributed by atoms with Crippen LogP contribution in [0.3, 0.4) is 0 Å². The van der Waals surface area contributed by atoms with E-state index in [-0.39, 0.29) is 5.41 Å². The van der Waals surface area contributed by atoms with Crippen molar-refractivity contribution in [2.45, 2.75) is 52.0 Å². The fraction of sp³-hybridized carbons (Fsp3) is 0.533. The van der Waals surface area contributed by atoms with Gasteiger partial charge in [-0.05, 0) is 42.9 Å². The van der Waals surface area contributed by atoms with Gasteiger partial charge in [0.25, 0.3) is 0 Å². The summed E-state index contributed by atoms with van der Waals surface area (Å²) in [5.41, 5.74) is 6.90.